The third kappa shape index (κ3) is 9.46. The van der Waals surface area contributed by atoms with Gasteiger partial charge in [-0.3, -0.25) is 0 Å². The van der Waals surface area contributed by atoms with E-state index in [1.807, 2.05) is 43.3 Å². The Labute approximate surface area is 223 Å². The molecule has 0 spiro atoms. The lowest BCUT2D eigenvalue weighted by Crippen LogP contribution is -1.97. The van der Waals surface area contributed by atoms with E-state index in [2.05, 4.69) is 55.5 Å². The summed E-state index contributed by atoms with van der Waals surface area (Å²) in [5.41, 5.74) is 7.04. The molecular formula is C35H42O2. The molecule has 0 bridgehead atoms. The second-order valence-corrected chi connectivity index (χ2v) is 9.82. The van der Waals surface area contributed by atoms with Gasteiger partial charge in [-0.15, -0.1) is 0 Å². The van der Waals surface area contributed by atoms with Gasteiger partial charge in [-0.25, -0.2) is 0 Å². The third-order valence-electron chi connectivity index (χ3n) is 6.93. The molecule has 0 radical (unpaired) electrons. The Bertz CT molecular complexity index is 1180. The lowest BCUT2D eigenvalue weighted by atomic mass is 9.94. The van der Waals surface area contributed by atoms with Crippen LogP contribution in [-0.2, 0) is 19.3 Å². The molecule has 4 aromatic carbocycles. The molecule has 0 unspecified atom stereocenters. The highest BCUT2D eigenvalue weighted by Gasteiger charge is 2.09. The first kappa shape index (κ1) is 28.1. The first-order valence-corrected chi connectivity index (χ1v) is 13.7. The first-order valence-electron chi connectivity index (χ1n) is 13.7. The second kappa shape index (κ2) is 15.6. The molecule has 0 heterocycles. The van der Waals surface area contributed by atoms with Gasteiger partial charge in [0, 0.05) is 12.0 Å². The lowest BCUT2D eigenvalue weighted by Gasteiger charge is -2.12. The molecule has 194 valence electrons. The van der Waals surface area contributed by atoms with Crippen molar-refractivity contribution in [1.82, 2.24) is 0 Å². The van der Waals surface area contributed by atoms with Crippen LogP contribution in [0.25, 0.3) is 0 Å². The SMILES string of the molecule is CCCCCCCCc1cccc(O)c1C.Oc1cccc(Cc2ccccc2)c1Cc1ccccc1. The fraction of sp³-hybridized carbons (Fsp3) is 0.314. The molecule has 0 aliphatic carbocycles. The number of unbranched alkanes of at least 4 members (excludes halogenated alkanes) is 5. The lowest BCUT2D eigenvalue weighted by molar-refractivity contribution is 0.468. The number of phenols is 2. The minimum Gasteiger partial charge on any atom is -0.508 e. The van der Waals surface area contributed by atoms with Crippen molar-refractivity contribution >= 4 is 0 Å². The molecule has 0 aliphatic rings. The van der Waals surface area contributed by atoms with E-state index in [-0.39, 0.29) is 0 Å². The van der Waals surface area contributed by atoms with Gasteiger partial charge in [0.1, 0.15) is 11.5 Å². The zero-order valence-electron chi connectivity index (χ0n) is 22.5. The normalized spacial score (nSPS) is 10.5. The van der Waals surface area contributed by atoms with Crippen LogP contribution < -0.4 is 0 Å². The fourth-order valence-corrected chi connectivity index (χ4v) is 4.64. The minimum atomic E-state index is 0.382. The molecule has 0 saturated carbocycles. The van der Waals surface area contributed by atoms with Crippen molar-refractivity contribution < 1.29 is 10.2 Å². The summed E-state index contributed by atoms with van der Waals surface area (Å²) < 4.78 is 0. The van der Waals surface area contributed by atoms with Crippen molar-refractivity contribution in [2.45, 2.75) is 71.6 Å². The van der Waals surface area contributed by atoms with E-state index in [1.54, 1.807) is 12.1 Å². The molecule has 0 aliphatic heterocycles. The molecule has 2 heteroatoms. The van der Waals surface area contributed by atoms with Gasteiger partial charge in [0.2, 0.25) is 0 Å². The summed E-state index contributed by atoms with van der Waals surface area (Å²) in [6, 6.07) is 32.3. The van der Waals surface area contributed by atoms with Crippen LogP contribution in [0.1, 0.15) is 78.8 Å². The van der Waals surface area contributed by atoms with E-state index in [1.165, 1.54) is 60.8 Å². The Morgan fingerprint density at radius 2 is 1.05 bits per heavy atom. The molecule has 0 atom stereocenters. The predicted octanol–water partition coefficient (Wildman–Crippen LogP) is 9.18. The molecule has 0 saturated heterocycles. The molecular weight excluding hydrogens is 452 g/mol. The Morgan fingerprint density at radius 1 is 0.514 bits per heavy atom. The van der Waals surface area contributed by atoms with Crippen LogP contribution in [0.5, 0.6) is 11.5 Å². The number of aryl methyl sites for hydroxylation is 1. The summed E-state index contributed by atoms with van der Waals surface area (Å²) in [7, 11) is 0. The topological polar surface area (TPSA) is 40.5 Å². The van der Waals surface area contributed by atoms with E-state index in [4.69, 9.17) is 0 Å². The van der Waals surface area contributed by atoms with Crippen LogP contribution in [0.15, 0.2) is 97.1 Å². The van der Waals surface area contributed by atoms with Crippen LogP contribution in [-0.4, -0.2) is 10.2 Å². The van der Waals surface area contributed by atoms with Gasteiger partial charge < -0.3 is 10.2 Å². The number of hydrogen-bond acceptors (Lipinski definition) is 2. The van der Waals surface area contributed by atoms with E-state index >= 15 is 0 Å². The Hall–Kier alpha value is -3.52. The van der Waals surface area contributed by atoms with Gasteiger partial charge in [0.15, 0.2) is 0 Å². The van der Waals surface area contributed by atoms with E-state index in [9.17, 15) is 10.2 Å². The van der Waals surface area contributed by atoms with Crippen molar-refractivity contribution in [2.24, 2.45) is 0 Å². The summed E-state index contributed by atoms with van der Waals surface area (Å²) >= 11 is 0. The van der Waals surface area contributed by atoms with Crippen molar-refractivity contribution in [1.29, 1.82) is 0 Å². The van der Waals surface area contributed by atoms with Crippen molar-refractivity contribution in [3.63, 3.8) is 0 Å². The number of rotatable bonds is 11. The summed E-state index contributed by atoms with van der Waals surface area (Å²) in [4.78, 5) is 0. The predicted molar refractivity (Wildman–Crippen MR) is 157 cm³/mol. The summed E-state index contributed by atoms with van der Waals surface area (Å²) in [6.07, 6.45) is 10.7. The van der Waals surface area contributed by atoms with Gasteiger partial charge in [-0.2, -0.15) is 0 Å². The smallest absolute Gasteiger partial charge is 0.119 e. The molecule has 2 nitrogen and oxygen atoms in total. The monoisotopic (exact) mass is 494 g/mol. The van der Waals surface area contributed by atoms with Crippen molar-refractivity contribution in [2.75, 3.05) is 0 Å². The Morgan fingerprint density at radius 3 is 1.70 bits per heavy atom. The van der Waals surface area contributed by atoms with Gasteiger partial charge in [-0.1, -0.05) is 124 Å². The van der Waals surface area contributed by atoms with Gasteiger partial charge in [0.05, 0.1) is 0 Å². The molecule has 0 amide bonds. The summed E-state index contributed by atoms with van der Waals surface area (Å²) in [5, 5.41) is 19.8. The van der Waals surface area contributed by atoms with Crippen LogP contribution in [0, 0.1) is 6.92 Å². The van der Waals surface area contributed by atoms with E-state index in [0.717, 1.165) is 30.4 Å². The number of benzene rings is 4. The molecule has 4 rings (SSSR count). The van der Waals surface area contributed by atoms with Gasteiger partial charge in [-0.05, 0) is 66.1 Å². The van der Waals surface area contributed by atoms with Crippen LogP contribution >= 0.6 is 0 Å². The Balaban J connectivity index is 0.000000214. The molecule has 0 fully saturated rings. The zero-order valence-corrected chi connectivity index (χ0v) is 22.5. The zero-order chi connectivity index (χ0) is 26.3. The maximum absolute atomic E-state index is 10.2. The highest BCUT2D eigenvalue weighted by atomic mass is 16.3. The maximum atomic E-state index is 10.2. The molecule has 0 aromatic heterocycles. The minimum absolute atomic E-state index is 0.382. The number of hydrogen-bond donors (Lipinski definition) is 2. The summed E-state index contributed by atoms with van der Waals surface area (Å²) in [6.45, 7) is 4.25. The average molecular weight is 495 g/mol. The molecule has 37 heavy (non-hydrogen) atoms. The van der Waals surface area contributed by atoms with Gasteiger partial charge >= 0.3 is 0 Å². The quantitative estimate of drug-likeness (QED) is 0.204. The third-order valence-corrected chi connectivity index (χ3v) is 6.93. The first-order chi connectivity index (χ1) is 18.1. The number of aromatic hydroxyl groups is 2. The van der Waals surface area contributed by atoms with Crippen molar-refractivity contribution in [3.05, 3.63) is 130 Å². The molecule has 4 aromatic rings. The fourth-order valence-electron chi connectivity index (χ4n) is 4.64. The second-order valence-electron chi connectivity index (χ2n) is 9.82. The largest absolute Gasteiger partial charge is 0.508 e. The molecule has 2 N–H and O–H groups in total. The maximum Gasteiger partial charge on any atom is 0.119 e. The number of phenolic OH excluding ortho intramolecular Hbond substituents is 2. The van der Waals surface area contributed by atoms with E-state index in [0.29, 0.717) is 11.5 Å². The highest BCUT2D eigenvalue weighted by Crippen LogP contribution is 2.26. The summed E-state index contributed by atoms with van der Waals surface area (Å²) in [5.74, 6) is 0.816. The van der Waals surface area contributed by atoms with Crippen LogP contribution in [0.4, 0.5) is 0 Å². The van der Waals surface area contributed by atoms with Crippen molar-refractivity contribution in [3.8, 4) is 11.5 Å². The van der Waals surface area contributed by atoms with E-state index < -0.39 is 0 Å². The average Bonchev–Trinajstić information content (AvgIpc) is 2.92. The van der Waals surface area contributed by atoms with Crippen LogP contribution in [0.2, 0.25) is 0 Å². The van der Waals surface area contributed by atoms with Crippen LogP contribution in [0.3, 0.4) is 0 Å². The van der Waals surface area contributed by atoms with Gasteiger partial charge in [0.25, 0.3) is 0 Å². The standard InChI is InChI=1S/C20H18O.C15H24O/c21-20-13-7-12-18(14-16-8-3-1-4-9-16)19(20)15-17-10-5-2-6-11-17;1-3-4-5-6-7-8-10-14-11-9-12-15(16)13(14)2/h1-13,21H,14-15H2;9,11-12,16H,3-8,10H2,1-2H3. The highest BCUT2D eigenvalue weighted by molar-refractivity contribution is 5.44. The Kier molecular flexibility index (Phi) is 11.8.